The lowest BCUT2D eigenvalue weighted by molar-refractivity contribution is -0.130. The SMILES string of the molecule is NCCN(CCc1ccccc1)C(=O)Cc1ccc(N)cn1. The molecule has 0 aliphatic carbocycles. The molecule has 116 valence electrons. The van der Waals surface area contributed by atoms with E-state index in [1.165, 1.54) is 5.56 Å². The maximum Gasteiger partial charge on any atom is 0.228 e. The van der Waals surface area contributed by atoms with Crippen molar-refractivity contribution in [3.63, 3.8) is 0 Å². The van der Waals surface area contributed by atoms with Gasteiger partial charge in [-0.05, 0) is 24.1 Å². The molecule has 0 atom stereocenters. The second kappa shape index (κ2) is 8.14. The topological polar surface area (TPSA) is 85.2 Å². The molecule has 5 heteroatoms. The van der Waals surface area contributed by atoms with Gasteiger partial charge in [0.25, 0.3) is 0 Å². The van der Waals surface area contributed by atoms with E-state index < -0.39 is 0 Å². The molecule has 0 spiro atoms. The van der Waals surface area contributed by atoms with E-state index >= 15 is 0 Å². The summed E-state index contributed by atoms with van der Waals surface area (Å²) in [6.07, 6.45) is 2.66. The highest BCUT2D eigenvalue weighted by Crippen LogP contribution is 2.06. The van der Waals surface area contributed by atoms with Gasteiger partial charge in [0.2, 0.25) is 5.91 Å². The molecule has 22 heavy (non-hydrogen) atoms. The number of nitrogens with two attached hydrogens (primary N) is 2. The molecule has 1 amide bonds. The monoisotopic (exact) mass is 298 g/mol. The number of nitrogen functional groups attached to an aromatic ring is 1. The van der Waals surface area contributed by atoms with Gasteiger partial charge in [0.1, 0.15) is 0 Å². The van der Waals surface area contributed by atoms with Gasteiger partial charge in [-0.15, -0.1) is 0 Å². The Morgan fingerprint density at radius 2 is 1.86 bits per heavy atom. The number of benzene rings is 1. The van der Waals surface area contributed by atoms with Crippen LogP contribution in [0.4, 0.5) is 5.69 Å². The molecule has 0 unspecified atom stereocenters. The number of carbonyl (C=O) groups excluding carboxylic acids is 1. The molecule has 2 rings (SSSR count). The van der Waals surface area contributed by atoms with E-state index in [0.717, 1.165) is 12.1 Å². The Kier molecular flexibility index (Phi) is 5.91. The number of carbonyl (C=O) groups is 1. The Morgan fingerprint density at radius 3 is 2.50 bits per heavy atom. The molecular weight excluding hydrogens is 276 g/mol. The van der Waals surface area contributed by atoms with Crippen molar-refractivity contribution < 1.29 is 4.79 Å². The van der Waals surface area contributed by atoms with Crippen LogP contribution in [0.3, 0.4) is 0 Å². The van der Waals surface area contributed by atoms with E-state index in [1.54, 1.807) is 23.2 Å². The summed E-state index contributed by atoms with van der Waals surface area (Å²) >= 11 is 0. The maximum atomic E-state index is 12.4. The second-order valence-corrected chi connectivity index (χ2v) is 5.16. The highest BCUT2D eigenvalue weighted by atomic mass is 16.2. The molecule has 1 aromatic carbocycles. The largest absolute Gasteiger partial charge is 0.397 e. The molecule has 0 bridgehead atoms. The average molecular weight is 298 g/mol. The predicted octanol–water partition coefficient (Wildman–Crippen LogP) is 1.24. The Morgan fingerprint density at radius 1 is 1.09 bits per heavy atom. The first-order valence-electron chi connectivity index (χ1n) is 7.41. The molecule has 2 aromatic rings. The van der Waals surface area contributed by atoms with Crippen molar-refractivity contribution in [3.05, 3.63) is 59.9 Å². The molecule has 0 aliphatic heterocycles. The number of anilines is 1. The minimum atomic E-state index is 0.0404. The van der Waals surface area contributed by atoms with Crippen LogP contribution in [-0.4, -0.2) is 35.4 Å². The van der Waals surface area contributed by atoms with Gasteiger partial charge in [0, 0.05) is 25.3 Å². The number of hydrogen-bond acceptors (Lipinski definition) is 4. The Hall–Kier alpha value is -2.40. The van der Waals surface area contributed by atoms with E-state index in [9.17, 15) is 4.79 Å². The third-order valence-corrected chi connectivity index (χ3v) is 3.44. The zero-order valence-corrected chi connectivity index (χ0v) is 12.6. The number of rotatable bonds is 7. The minimum Gasteiger partial charge on any atom is -0.397 e. The summed E-state index contributed by atoms with van der Waals surface area (Å²) in [6, 6.07) is 13.7. The van der Waals surface area contributed by atoms with Crippen LogP contribution in [0.2, 0.25) is 0 Å². The van der Waals surface area contributed by atoms with Crippen molar-refractivity contribution in [1.29, 1.82) is 0 Å². The highest BCUT2D eigenvalue weighted by Gasteiger charge is 2.14. The summed E-state index contributed by atoms with van der Waals surface area (Å²) in [5.74, 6) is 0.0404. The van der Waals surface area contributed by atoms with Crippen molar-refractivity contribution in [1.82, 2.24) is 9.88 Å². The normalized spacial score (nSPS) is 10.4. The van der Waals surface area contributed by atoms with E-state index in [0.29, 0.717) is 25.3 Å². The van der Waals surface area contributed by atoms with Gasteiger partial charge in [-0.2, -0.15) is 0 Å². The van der Waals surface area contributed by atoms with E-state index in [-0.39, 0.29) is 12.3 Å². The van der Waals surface area contributed by atoms with Gasteiger partial charge < -0.3 is 16.4 Å². The van der Waals surface area contributed by atoms with E-state index in [1.807, 2.05) is 18.2 Å². The van der Waals surface area contributed by atoms with Crippen molar-refractivity contribution in [2.75, 3.05) is 25.4 Å². The van der Waals surface area contributed by atoms with E-state index in [4.69, 9.17) is 11.5 Å². The summed E-state index contributed by atoms with van der Waals surface area (Å²) in [4.78, 5) is 18.4. The Balaban J connectivity index is 1.94. The van der Waals surface area contributed by atoms with Gasteiger partial charge in [0.05, 0.1) is 18.3 Å². The number of hydrogen-bond donors (Lipinski definition) is 2. The van der Waals surface area contributed by atoms with Crippen molar-refractivity contribution in [3.8, 4) is 0 Å². The molecule has 5 nitrogen and oxygen atoms in total. The fraction of sp³-hybridized carbons (Fsp3) is 0.294. The number of aromatic nitrogens is 1. The molecule has 0 radical (unpaired) electrons. The first-order valence-corrected chi connectivity index (χ1v) is 7.41. The summed E-state index contributed by atoms with van der Waals surface area (Å²) < 4.78 is 0. The average Bonchev–Trinajstić information content (AvgIpc) is 2.54. The van der Waals surface area contributed by atoms with Crippen molar-refractivity contribution >= 4 is 11.6 Å². The lowest BCUT2D eigenvalue weighted by Gasteiger charge is -2.22. The number of amides is 1. The zero-order chi connectivity index (χ0) is 15.8. The number of nitrogens with zero attached hydrogens (tertiary/aromatic N) is 2. The smallest absolute Gasteiger partial charge is 0.228 e. The fourth-order valence-electron chi connectivity index (χ4n) is 2.23. The lowest BCUT2D eigenvalue weighted by Crippen LogP contribution is -2.38. The maximum absolute atomic E-state index is 12.4. The Labute approximate surface area is 130 Å². The van der Waals surface area contributed by atoms with Crippen LogP contribution >= 0.6 is 0 Å². The standard InChI is InChI=1S/C17H22N4O/c18-9-11-21(10-8-14-4-2-1-3-5-14)17(22)12-16-7-6-15(19)13-20-16/h1-7,13H,8-12,18-19H2. The predicted molar refractivity (Wildman–Crippen MR) is 88.1 cm³/mol. The van der Waals surface area contributed by atoms with Crippen LogP contribution in [0.5, 0.6) is 0 Å². The fourth-order valence-corrected chi connectivity index (χ4v) is 2.23. The molecule has 0 saturated heterocycles. The van der Waals surface area contributed by atoms with Gasteiger partial charge >= 0.3 is 0 Å². The van der Waals surface area contributed by atoms with Crippen LogP contribution in [-0.2, 0) is 17.6 Å². The molecule has 1 heterocycles. The second-order valence-electron chi connectivity index (χ2n) is 5.16. The molecule has 4 N–H and O–H groups in total. The summed E-state index contributed by atoms with van der Waals surface area (Å²) in [6.45, 7) is 1.67. The minimum absolute atomic E-state index is 0.0404. The van der Waals surface area contributed by atoms with Gasteiger partial charge in [0.15, 0.2) is 0 Å². The number of pyridine rings is 1. The molecule has 0 fully saturated rings. The molecular formula is C17H22N4O. The first-order chi connectivity index (χ1) is 10.7. The quantitative estimate of drug-likeness (QED) is 0.805. The Bertz CT molecular complexity index is 583. The van der Waals surface area contributed by atoms with Gasteiger partial charge in [-0.25, -0.2) is 0 Å². The lowest BCUT2D eigenvalue weighted by atomic mass is 10.1. The zero-order valence-electron chi connectivity index (χ0n) is 12.6. The van der Waals surface area contributed by atoms with Gasteiger partial charge in [-0.3, -0.25) is 9.78 Å². The van der Waals surface area contributed by atoms with E-state index in [2.05, 4.69) is 17.1 Å². The van der Waals surface area contributed by atoms with Crippen LogP contribution in [0, 0.1) is 0 Å². The van der Waals surface area contributed by atoms with Crippen LogP contribution in [0.25, 0.3) is 0 Å². The van der Waals surface area contributed by atoms with Crippen molar-refractivity contribution in [2.45, 2.75) is 12.8 Å². The summed E-state index contributed by atoms with van der Waals surface area (Å²) in [7, 11) is 0. The molecule has 0 aliphatic rings. The van der Waals surface area contributed by atoms with Crippen LogP contribution in [0.15, 0.2) is 48.7 Å². The van der Waals surface area contributed by atoms with Gasteiger partial charge in [-0.1, -0.05) is 30.3 Å². The summed E-state index contributed by atoms with van der Waals surface area (Å²) in [5, 5.41) is 0. The van der Waals surface area contributed by atoms with Crippen LogP contribution < -0.4 is 11.5 Å². The highest BCUT2D eigenvalue weighted by molar-refractivity contribution is 5.78. The summed E-state index contributed by atoms with van der Waals surface area (Å²) in [5.41, 5.74) is 13.8. The third-order valence-electron chi connectivity index (χ3n) is 3.44. The third kappa shape index (κ3) is 4.86. The first kappa shape index (κ1) is 16.0. The van der Waals surface area contributed by atoms with Crippen molar-refractivity contribution in [2.24, 2.45) is 5.73 Å². The molecule has 0 saturated carbocycles. The molecule has 1 aromatic heterocycles. The van der Waals surface area contributed by atoms with Crippen LogP contribution in [0.1, 0.15) is 11.3 Å².